The molecule has 2 amide bonds. The molecule has 2 aromatic carbocycles. The highest BCUT2D eigenvalue weighted by atomic mass is 127. The van der Waals surface area contributed by atoms with Gasteiger partial charge in [-0.15, -0.1) is 0 Å². The Kier molecular flexibility index (Phi) is 5.26. The van der Waals surface area contributed by atoms with Gasteiger partial charge in [0.1, 0.15) is 17.4 Å². The van der Waals surface area contributed by atoms with E-state index in [9.17, 15) is 9.59 Å². The minimum Gasteiger partial charge on any atom is -0.497 e. The molecule has 2 aromatic rings. The second-order valence-corrected chi connectivity index (χ2v) is 9.58. The minimum atomic E-state index is -0.902. The summed E-state index contributed by atoms with van der Waals surface area (Å²) in [5, 5.41) is 3.03. The number of amides is 2. The van der Waals surface area contributed by atoms with Crippen molar-refractivity contribution in [2.24, 2.45) is 5.92 Å². The number of hydrogen-bond donors (Lipinski definition) is 1. The van der Waals surface area contributed by atoms with E-state index in [0.717, 1.165) is 16.9 Å². The fourth-order valence-electron chi connectivity index (χ4n) is 4.88. The van der Waals surface area contributed by atoms with Crippen LogP contribution in [0.1, 0.15) is 11.1 Å². The zero-order valence-electron chi connectivity index (χ0n) is 17.0. The van der Waals surface area contributed by atoms with E-state index in [2.05, 4.69) is 27.9 Å². The smallest absolute Gasteiger partial charge is 0.246 e. The quantitative estimate of drug-likeness (QED) is 0.355. The highest BCUT2D eigenvalue weighted by Crippen LogP contribution is 2.54. The summed E-state index contributed by atoms with van der Waals surface area (Å²) < 4.78 is 11.5. The van der Waals surface area contributed by atoms with Crippen molar-refractivity contribution in [1.29, 1.82) is 0 Å². The van der Waals surface area contributed by atoms with Gasteiger partial charge in [-0.2, -0.15) is 0 Å². The number of hydrogen-bond acceptors (Lipinski definition) is 4. The van der Waals surface area contributed by atoms with Gasteiger partial charge in [-0.1, -0.05) is 77.2 Å². The van der Waals surface area contributed by atoms with Crippen molar-refractivity contribution >= 4 is 34.4 Å². The van der Waals surface area contributed by atoms with Crippen LogP contribution in [0.4, 0.5) is 0 Å². The Morgan fingerprint density at radius 1 is 1.16 bits per heavy atom. The fourth-order valence-corrected chi connectivity index (χ4v) is 6.13. The monoisotopic (exact) mass is 530 g/mol. The summed E-state index contributed by atoms with van der Waals surface area (Å²) in [6.45, 7) is 0.748. The molecule has 0 aliphatic carbocycles. The van der Waals surface area contributed by atoms with Crippen molar-refractivity contribution in [3.8, 4) is 5.75 Å². The van der Waals surface area contributed by atoms with E-state index in [1.807, 2.05) is 66.7 Å². The molecule has 0 saturated carbocycles. The zero-order chi connectivity index (χ0) is 21.6. The maximum absolute atomic E-state index is 13.5. The van der Waals surface area contributed by atoms with Crippen molar-refractivity contribution in [3.63, 3.8) is 0 Å². The van der Waals surface area contributed by atoms with Crippen molar-refractivity contribution in [2.45, 2.75) is 34.8 Å². The molecule has 2 fully saturated rings. The molecule has 5 atom stereocenters. The van der Waals surface area contributed by atoms with Gasteiger partial charge in [-0.25, -0.2) is 0 Å². The molecule has 31 heavy (non-hydrogen) atoms. The van der Waals surface area contributed by atoms with Crippen LogP contribution in [-0.2, 0) is 27.4 Å². The summed E-state index contributed by atoms with van der Waals surface area (Å²) >= 11 is 2.29. The molecule has 2 bridgehead atoms. The first-order chi connectivity index (χ1) is 15.0. The number of alkyl halides is 1. The van der Waals surface area contributed by atoms with Gasteiger partial charge in [-0.3, -0.25) is 9.59 Å². The van der Waals surface area contributed by atoms with Gasteiger partial charge in [0.15, 0.2) is 0 Å². The molecule has 6 nitrogen and oxygen atoms in total. The summed E-state index contributed by atoms with van der Waals surface area (Å²) in [5.74, 6) is 0.182. The molecule has 160 valence electrons. The number of carbonyl (C=O) groups is 2. The number of fused-ring (bicyclic) bond motifs is 1. The van der Waals surface area contributed by atoms with Crippen LogP contribution in [0.15, 0.2) is 66.7 Å². The largest absolute Gasteiger partial charge is 0.497 e. The SMILES string of the molecule is COc1ccc(CN2C(=O)[C@@H]3[C@H](I)[C@H]4C=C[C@@]3(O4)[C@H]2C(=O)NCc2ccccc2)cc1. The summed E-state index contributed by atoms with van der Waals surface area (Å²) in [7, 11) is 1.62. The normalized spacial score (nSPS) is 30.5. The third-order valence-corrected chi connectivity index (χ3v) is 7.79. The second-order valence-electron chi connectivity index (χ2n) is 8.14. The molecule has 2 saturated heterocycles. The van der Waals surface area contributed by atoms with Crippen molar-refractivity contribution in [1.82, 2.24) is 10.2 Å². The van der Waals surface area contributed by atoms with Gasteiger partial charge in [0.2, 0.25) is 11.8 Å². The lowest BCUT2D eigenvalue weighted by Gasteiger charge is -2.32. The van der Waals surface area contributed by atoms with Crippen LogP contribution >= 0.6 is 22.6 Å². The van der Waals surface area contributed by atoms with Crippen LogP contribution in [-0.4, -0.2) is 45.5 Å². The lowest BCUT2D eigenvalue weighted by molar-refractivity contribution is -0.139. The van der Waals surface area contributed by atoms with Gasteiger partial charge in [0, 0.05) is 13.1 Å². The average molecular weight is 530 g/mol. The molecule has 0 unspecified atom stereocenters. The van der Waals surface area contributed by atoms with E-state index in [1.165, 1.54) is 0 Å². The number of methoxy groups -OCH3 is 1. The molecular formula is C24H23IN2O4. The van der Waals surface area contributed by atoms with Gasteiger partial charge in [0.05, 0.1) is 23.1 Å². The first-order valence-corrected chi connectivity index (χ1v) is 11.5. The number of likely N-dealkylation sites (tertiary alicyclic amines) is 1. The number of rotatable bonds is 6. The highest BCUT2D eigenvalue weighted by molar-refractivity contribution is 14.1. The Morgan fingerprint density at radius 3 is 2.61 bits per heavy atom. The summed E-state index contributed by atoms with van der Waals surface area (Å²) in [6.07, 6.45) is 3.81. The molecule has 7 heteroatoms. The number of ether oxygens (including phenoxy) is 2. The first kappa shape index (κ1) is 20.5. The van der Waals surface area contributed by atoms with Gasteiger partial charge in [-0.05, 0) is 23.3 Å². The summed E-state index contributed by atoms with van der Waals surface area (Å²) in [4.78, 5) is 28.6. The molecule has 0 aromatic heterocycles. The van der Waals surface area contributed by atoms with Crippen LogP contribution in [0.5, 0.6) is 5.75 Å². The predicted molar refractivity (Wildman–Crippen MR) is 124 cm³/mol. The number of carbonyl (C=O) groups excluding carboxylic acids is 2. The highest BCUT2D eigenvalue weighted by Gasteiger charge is 2.70. The van der Waals surface area contributed by atoms with Crippen LogP contribution in [0, 0.1) is 5.92 Å². The Hall–Kier alpha value is -2.39. The molecular weight excluding hydrogens is 507 g/mol. The maximum Gasteiger partial charge on any atom is 0.246 e. The molecule has 3 heterocycles. The Balaban J connectivity index is 1.44. The number of nitrogens with zero attached hydrogens (tertiary/aromatic N) is 1. The van der Waals surface area contributed by atoms with Gasteiger partial charge in [0.25, 0.3) is 0 Å². The van der Waals surface area contributed by atoms with Gasteiger partial charge < -0.3 is 19.7 Å². The summed E-state index contributed by atoms with van der Waals surface area (Å²) in [5.41, 5.74) is 1.05. The Bertz CT molecular complexity index is 1030. The summed E-state index contributed by atoms with van der Waals surface area (Å²) in [6, 6.07) is 16.6. The van der Waals surface area contributed by atoms with E-state index in [4.69, 9.17) is 9.47 Å². The molecule has 3 aliphatic rings. The number of nitrogens with one attached hydrogen (secondary N) is 1. The van der Waals surface area contributed by atoms with E-state index in [1.54, 1.807) is 12.0 Å². The van der Waals surface area contributed by atoms with Crippen molar-refractivity contribution < 1.29 is 19.1 Å². The molecule has 3 aliphatic heterocycles. The molecule has 1 N–H and O–H groups in total. The van der Waals surface area contributed by atoms with Crippen molar-refractivity contribution in [3.05, 3.63) is 77.9 Å². The first-order valence-electron chi connectivity index (χ1n) is 10.3. The average Bonchev–Trinajstić information content (AvgIpc) is 3.42. The number of benzene rings is 2. The second kappa shape index (κ2) is 7.94. The third-order valence-electron chi connectivity index (χ3n) is 6.36. The number of halogens is 1. The van der Waals surface area contributed by atoms with Crippen LogP contribution < -0.4 is 10.1 Å². The Morgan fingerprint density at radius 2 is 1.90 bits per heavy atom. The molecule has 5 rings (SSSR count). The van der Waals surface area contributed by atoms with E-state index < -0.39 is 11.6 Å². The van der Waals surface area contributed by atoms with Crippen molar-refractivity contribution in [2.75, 3.05) is 7.11 Å². The lowest BCUT2D eigenvalue weighted by atomic mass is 9.81. The lowest BCUT2D eigenvalue weighted by Crippen LogP contribution is -2.54. The van der Waals surface area contributed by atoms with Gasteiger partial charge >= 0.3 is 0 Å². The molecule has 0 radical (unpaired) electrons. The van der Waals surface area contributed by atoms with Crippen LogP contribution in [0.25, 0.3) is 0 Å². The molecule has 1 spiro atoms. The third kappa shape index (κ3) is 3.34. The topological polar surface area (TPSA) is 67.9 Å². The van der Waals surface area contributed by atoms with Crippen LogP contribution in [0.2, 0.25) is 0 Å². The van der Waals surface area contributed by atoms with E-state index in [0.29, 0.717) is 13.1 Å². The predicted octanol–water partition coefficient (Wildman–Crippen LogP) is 2.85. The van der Waals surface area contributed by atoms with Crippen LogP contribution in [0.3, 0.4) is 0 Å². The van der Waals surface area contributed by atoms with E-state index >= 15 is 0 Å². The Labute approximate surface area is 194 Å². The maximum atomic E-state index is 13.5. The standard InChI is InChI=1S/C24H23IN2O4/c1-30-17-9-7-16(8-10-17)14-27-21(22(28)26-13-15-5-3-2-4-6-15)24-12-11-18(31-24)20(25)19(24)23(27)29/h2-12,18-21H,13-14H2,1H3,(H,26,28)/t18-,19+,20-,21-,24+/m1/s1. The fraction of sp³-hybridized carbons (Fsp3) is 0.333. The zero-order valence-corrected chi connectivity index (χ0v) is 19.2. The minimum absolute atomic E-state index is 0.0143. The van der Waals surface area contributed by atoms with E-state index in [-0.39, 0.29) is 27.8 Å².